The van der Waals surface area contributed by atoms with Crippen molar-refractivity contribution in [2.75, 3.05) is 6.54 Å². The molecule has 114 valence electrons. The third-order valence-corrected chi connectivity index (χ3v) is 4.68. The summed E-state index contributed by atoms with van der Waals surface area (Å²) in [7, 11) is 0. The molecule has 0 radical (unpaired) electrons. The van der Waals surface area contributed by atoms with Gasteiger partial charge in [-0.15, -0.1) is 0 Å². The van der Waals surface area contributed by atoms with Crippen LogP contribution in [0.15, 0.2) is 47.0 Å². The van der Waals surface area contributed by atoms with Gasteiger partial charge >= 0.3 is 0 Å². The van der Waals surface area contributed by atoms with Crippen molar-refractivity contribution < 1.29 is 14.0 Å². The molecule has 2 aliphatic rings. The summed E-state index contributed by atoms with van der Waals surface area (Å²) < 4.78 is 12.8. The smallest absolute Gasteiger partial charge is 0.251 e. The Morgan fingerprint density at radius 3 is 2.91 bits per heavy atom. The van der Waals surface area contributed by atoms with Crippen LogP contribution < -0.4 is 10.6 Å². The molecular formula is C16H15FN2O2S. The lowest BCUT2D eigenvalue weighted by molar-refractivity contribution is -0.113. The maximum absolute atomic E-state index is 12.8. The van der Waals surface area contributed by atoms with Gasteiger partial charge in [0.1, 0.15) is 5.82 Å². The van der Waals surface area contributed by atoms with E-state index in [1.54, 1.807) is 17.8 Å². The molecule has 1 heterocycles. The average molecular weight is 318 g/mol. The van der Waals surface area contributed by atoms with Crippen LogP contribution in [-0.2, 0) is 4.79 Å². The molecule has 1 aromatic rings. The SMILES string of the molecule is O=C1C=C2SC(CCNC(=O)c3ccc(F)cc3)NC2=CC1. The predicted octanol–water partition coefficient (Wildman–Crippen LogP) is 2.35. The molecule has 1 amide bonds. The van der Waals surface area contributed by atoms with E-state index in [2.05, 4.69) is 10.6 Å². The maximum atomic E-state index is 12.8. The second kappa shape index (κ2) is 6.36. The Morgan fingerprint density at radius 2 is 2.14 bits per heavy atom. The Balaban J connectivity index is 1.48. The van der Waals surface area contributed by atoms with E-state index in [4.69, 9.17) is 0 Å². The monoisotopic (exact) mass is 318 g/mol. The Morgan fingerprint density at radius 1 is 1.36 bits per heavy atom. The van der Waals surface area contributed by atoms with Gasteiger partial charge in [0, 0.05) is 29.1 Å². The van der Waals surface area contributed by atoms with Gasteiger partial charge in [-0.25, -0.2) is 4.39 Å². The van der Waals surface area contributed by atoms with Gasteiger partial charge in [-0.2, -0.15) is 0 Å². The highest BCUT2D eigenvalue weighted by Crippen LogP contribution is 2.37. The molecule has 0 aromatic heterocycles. The number of allylic oxidation sites excluding steroid dienone is 2. The fourth-order valence-electron chi connectivity index (χ4n) is 2.32. The van der Waals surface area contributed by atoms with E-state index in [1.165, 1.54) is 24.3 Å². The van der Waals surface area contributed by atoms with Crippen LogP contribution in [0, 0.1) is 5.82 Å². The summed E-state index contributed by atoms with van der Waals surface area (Å²) >= 11 is 1.61. The fraction of sp³-hybridized carbons (Fsp3) is 0.250. The summed E-state index contributed by atoms with van der Waals surface area (Å²) in [5, 5.41) is 6.30. The number of carbonyl (C=O) groups is 2. The van der Waals surface area contributed by atoms with Gasteiger partial charge in [0.25, 0.3) is 5.91 Å². The lowest BCUT2D eigenvalue weighted by Gasteiger charge is -2.10. The van der Waals surface area contributed by atoms with Crippen LogP contribution in [0.25, 0.3) is 0 Å². The molecule has 1 aliphatic carbocycles. The van der Waals surface area contributed by atoms with Gasteiger partial charge in [-0.3, -0.25) is 9.59 Å². The van der Waals surface area contributed by atoms with Crippen LogP contribution in [0.2, 0.25) is 0 Å². The number of hydrogen-bond donors (Lipinski definition) is 2. The van der Waals surface area contributed by atoms with Crippen molar-refractivity contribution in [3.8, 4) is 0 Å². The standard InChI is InChI=1S/C16H15FN2O2S/c17-11-3-1-10(2-4-11)16(21)18-8-7-15-19-13-6-5-12(20)9-14(13)22-15/h1-4,6,9,15,19H,5,7-8H2,(H,18,21). The number of hydrogen-bond acceptors (Lipinski definition) is 4. The molecule has 4 nitrogen and oxygen atoms in total. The number of halogens is 1. The lowest BCUT2D eigenvalue weighted by Crippen LogP contribution is -2.29. The number of thioether (sulfide) groups is 1. The number of amides is 1. The zero-order valence-electron chi connectivity index (χ0n) is 11.8. The molecule has 1 unspecified atom stereocenters. The summed E-state index contributed by atoms with van der Waals surface area (Å²) in [5.74, 6) is -0.450. The van der Waals surface area contributed by atoms with Crippen molar-refractivity contribution in [1.29, 1.82) is 0 Å². The molecule has 2 N–H and O–H groups in total. The second-order valence-corrected chi connectivity index (χ2v) is 6.34. The lowest BCUT2D eigenvalue weighted by atomic mass is 10.1. The molecule has 1 atom stereocenters. The molecule has 6 heteroatoms. The molecule has 0 bridgehead atoms. The Hall–Kier alpha value is -2.08. The molecular weight excluding hydrogens is 303 g/mol. The zero-order chi connectivity index (χ0) is 15.5. The first-order valence-corrected chi connectivity index (χ1v) is 7.92. The summed E-state index contributed by atoms with van der Waals surface area (Å²) in [4.78, 5) is 24.2. The number of nitrogens with one attached hydrogen (secondary N) is 2. The molecule has 1 aliphatic heterocycles. The van der Waals surface area contributed by atoms with Crippen molar-refractivity contribution in [2.45, 2.75) is 18.2 Å². The highest BCUT2D eigenvalue weighted by Gasteiger charge is 2.26. The van der Waals surface area contributed by atoms with E-state index >= 15 is 0 Å². The summed E-state index contributed by atoms with van der Waals surface area (Å²) in [6.07, 6.45) is 4.76. The van der Waals surface area contributed by atoms with E-state index in [1.807, 2.05) is 6.08 Å². The molecule has 0 saturated carbocycles. The molecule has 22 heavy (non-hydrogen) atoms. The number of rotatable bonds is 4. The predicted molar refractivity (Wildman–Crippen MR) is 83.7 cm³/mol. The van der Waals surface area contributed by atoms with Gasteiger partial charge in [0.15, 0.2) is 5.78 Å². The Kier molecular flexibility index (Phi) is 4.29. The van der Waals surface area contributed by atoms with Gasteiger partial charge < -0.3 is 10.6 Å². The first kappa shape index (κ1) is 14.8. The van der Waals surface area contributed by atoms with Crippen LogP contribution in [-0.4, -0.2) is 23.6 Å². The normalized spacial score (nSPS) is 19.9. The minimum absolute atomic E-state index is 0.123. The minimum atomic E-state index is -0.359. The largest absolute Gasteiger partial charge is 0.372 e. The summed E-state index contributed by atoms with van der Waals surface area (Å²) in [5.41, 5.74) is 1.46. The molecule has 3 rings (SSSR count). The van der Waals surface area contributed by atoms with Crippen molar-refractivity contribution in [3.63, 3.8) is 0 Å². The van der Waals surface area contributed by atoms with Gasteiger partial charge in [0.05, 0.1) is 5.37 Å². The number of carbonyl (C=O) groups excluding carboxylic acids is 2. The van der Waals surface area contributed by atoms with Crippen LogP contribution in [0.1, 0.15) is 23.2 Å². The molecule has 0 spiro atoms. The van der Waals surface area contributed by atoms with Crippen LogP contribution in [0.3, 0.4) is 0 Å². The van der Waals surface area contributed by atoms with Crippen LogP contribution >= 0.6 is 11.8 Å². The van der Waals surface area contributed by atoms with Crippen molar-refractivity contribution >= 4 is 23.5 Å². The van der Waals surface area contributed by atoms with E-state index in [0.717, 1.165) is 17.0 Å². The van der Waals surface area contributed by atoms with Gasteiger partial charge in [-0.1, -0.05) is 17.8 Å². The van der Waals surface area contributed by atoms with E-state index in [-0.39, 0.29) is 22.9 Å². The fourth-order valence-corrected chi connectivity index (χ4v) is 3.52. The third kappa shape index (κ3) is 3.39. The number of benzene rings is 1. The zero-order valence-corrected chi connectivity index (χ0v) is 12.6. The van der Waals surface area contributed by atoms with Crippen LogP contribution in [0.5, 0.6) is 0 Å². The van der Waals surface area contributed by atoms with Crippen molar-refractivity contribution in [1.82, 2.24) is 10.6 Å². The molecule has 1 saturated heterocycles. The second-order valence-electron chi connectivity index (χ2n) is 5.10. The van der Waals surface area contributed by atoms with Crippen molar-refractivity contribution in [3.05, 3.63) is 58.4 Å². The van der Waals surface area contributed by atoms with E-state index in [0.29, 0.717) is 18.5 Å². The molecule has 1 fully saturated rings. The summed E-state index contributed by atoms with van der Waals surface area (Å²) in [6.45, 7) is 0.509. The maximum Gasteiger partial charge on any atom is 0.251 e. The van der Waals surface area contributed by atoms with Gasteiger partial charge in [0.2, 0.25) is 0 Å². The first-order chi connectivity index (χ1) is 10.6. The average Bonchev–Trinajstić information content (AvgIpc) is 2.89. The Bertz CT molecular complexity index is 667. The highest BCUT2D eigenvalue weighted by atomic mass is 32.2. The van der Waals surface area contributed by atoms with E-state index in [9.17, 15) is 14.0 Å². The highest BCUT2D eigenvalue weighted by molar-refractivity contribution is 8.04. The first-order valence-electron chi connectivity index (χ1n) is 7.04. The summed E-state index contributed by atoms with van der Waals surface area (Å²) in [6, 6.07) is 5.46. The number of ketones is 1. The quantitative estimate of drug-likeness (QED) is 0.895. The van der Waals surface area contributed by atoms with E-state index < -0.39 is 0 Å². The third-order valence-electron chi connectivity index (χ3n) is 3.45. The Labute approximate surface area is 131 Å². The number of fused-ring (bicyclic) bond motifs is 1. The minimum Gasteiger partial charge on any atom is -0.372 e. The topological polar surface area (TPSA) is 58.2 Å². The van der Waals surface area contributed by atoms with Crippen molar-refractivity contribution in [2.24, 2.45) is 0 Å². The van der Waals surface area contributed by atoms with Gasteiger partial charge in [-0.05, 0) is 36.8 Å². The van der Waals surface area contributed by atoms with Crippen LogP contribution in [0.4, 0.5) is 4.39 Å². The molecule has 1 aromatic carbocycles.